The number of halogens is 1. The van der Waals surface area contributed by atoms with Gasteiger partial charge in [-0.05, 0) is 42.2 Å². The van der Waals surface area contributed by atoms with Crippen LogP contribution in [-0.2, 0) is 6.54 Å². The van der Waals surface area contributed by atoms with Crippen molar-refractivity contribution in [3.63, 3.8) is 0 Å². The van der Waals surface area contributed by atoms with E-state index in [-0.39, 0.29) is 5.91 Å². The topological polar surface area (TPSA) is 78.3 Å². The number of rotatable bonds is 9. The number of carbonyl (C=O) groups is 1. The third kappa shape index (κ3) is 5.51. The SMILES string of the molecule is COc1cc(C(=O)NCc2ccnc(-n3ccnc3)c2)cc(Cl)c1OCCC(C)C. The third-order valence-electron chi connectivity index (χ3n) is 4.47. The molecule has 7 nitrogen and oxygen atoms in total. The van der Waals surface area contributed by atoms with E-state index in [1.807, 2.05) is 18.3 Å². The van der Waals surface area contributed by atoms with Crippen molar-refractivity contribution < 1.29 is 14.3 Å². The first-order valence-electron chi connectivity index (χ1n) is 9.69. The second-order valence-electron chi connectivity index (χ2n) is 7.20. The first-order valence-corrected chi connectivity index (χ1v) is 10.1. The number of hydrogen-bond acceptors (Lipinski definition) is 5. The fourth-order valence-corrected chi connectivity index (χ4v) is 3.04. The van der Waals surface area contributed by atoms with Gasteiger partial charge in [-0.25, -0.2) is 9.97 Å². The Morgan fingerprint density at radius 2 is 2.10 bits per heavy atom. The average molecular weight is 429 g/mol. The molecule has 0 aliphatic heterocycles. The number of amides is 1. The minimum absolute atomic E-state index is 0.259. The maximum Gasteiger partial charge on any atom is 0.251 e. The Hall–Kier alpha value is -3.06. The van der Waals surface area contributed by atoms with Crippen molar-refractivity contribution in [1.29, 1.82) is 0 Å². The molecule has 1 N–H and O–H groups in total. The van der Waals surface area contributed by atoms with Crippen LogP contribution in [0.25, 0.3) is 5.82 Å². The van der Waals surface area contributed by atoms with Gasteiger partial charge in [0.25, 0.3) is 5.91 Å². The quantitative estimate of drug-likeness (QED) is 0.550. The molecule has 0 saturated carbocycles. The monoisotopic (exact) mass is 428 g/mol. The van der Waals surface area contributed by atoms with Crippen molar-refractivity contribution in [2.24, 2.45) is 5.92 Å². The van der Waals surface area contributed by atoms with Gasteiger partial charge in [-0.15, -0.1) is 0 Å². The fraction of sp³-hybridized carbons (Fsp3) is 0.318. The Morgan fingerprint density at radius 3 is 2.80 bits per heavy atom. The van der Waals surface area contributed by atoms with Crippen molar-refractivity contribution in [3.8, 4) is 17.3 Å². The van der Waals surface area contributed by atoms with E-state index in [1.54, 1.807) is 35.4 Å². The first-order chi connectivity index (χ1) is 14.5. The van der Waals surface area contributed by atoms with Gasteiger partial charge in [-0.1, -0.05) is 25.4 Å². The van der Waals surface area contributed by atoms with Crippen LogP contribution in [0.3, 0.4) is 0 Å². The normalized spacial score (nSPS) is 10.8. The van der Waals surface area contributed by atoms with Crippen LogP contribution in [0.1, 0.15) is 36.2 Å². The zero-order valence-electron chi connectivity index (χ0n) is 17.3. The Morgan fingerprint density at radius 1 is 1.27 bits per heavy atom. The maximum absolute atomic E-state index is 12.7. The van der Waals surface area contributed by atoms with Crippen molar-refractivity contribution in [2.75, 3.05) is 13.7 Å². The van der Waals surface area contributed by atoms with E-state index in [4.69, 9.17) is 21.1 Å². The molecule has 0 atom stereocenters. The number of benzene rings is 1. The van der Waals surface area contributed by atoms with Crippen LogP contribution in [0.15, 0.2) is 49.2 Å². The summed E-state index contributed by atoms with van der Waals surface area (Å²) in [6, 6.07) is 6.96. The highest BCUT2D eigenvalue weighted by Crippen LogP contribution is 2.36. The summed E-state index contributed by atoms with van der Waals surface area (Å²) in [5.74, 6) is 1.87. The molecule has 1 amide bonds. The van der Waals surface area contributed by atoms with Gasteiger partial charge in [0.2, 0.25) is 0 Å². The summed E-state index contributed by atoms with van der Waals surface area (Å²) in [6.45, 7) is 5.11. The number of imidazole rings is 1. The van der Waals surface area contributed by atoms with Crippen molar-refractivity contribution in [2.45, 2.75) is 26.8 Å². The summed E-state index contributed by atoms with van der Waals surface area (Å²) in [4.78, 5) is 21.0. The van der Waals surface area contributed by atoms with E-state index in [1.165, 1.54) is 7.11 Å². The summed E-state index contributed by atoms with van der Waals surface area (Å²) in [7, 11) is 1.53. The third-order valence-corrected chi connectivity index (χ3v) is 4.75. The van der Waals surface area contributed by atoms with Gasteiger partial charge in [-0.3, -0.25) is 9.36 Å². The van der Waals surface area contributed by atoms with Crippen LogP contribution < -0.4 is 14.8 Å². The summed E-state index contributed by atoms with van der Waals surface area (Å²) in [5, 5.41) is 3.24. The zero-order chi connectivity index (χ0) is 21.5. The highest BCUT2D eigenvalue weighted by Gasteiger charge is 2.16. The van der Waals surface area contributed by atoms with E-state index in [0.29, 0.717) is 41.2 Å². The Balaban J connectivity index is 1.68. The van der Waals surface area contributed by atoms with Crippen molar-refractivity contribution in [1.82, 2.24) is 19.9 Å². The fourth-order valence-electron chi connectivity index (χ4n) is 2.78. The number of aromatic nitrogens is 3. The lowest BCUT2D eigenvalue weighted by Gasteiger charge is -2.15. The van der Waals surface area contributed by atoms with Gasteiger partial charge in [-0.2, -0.15) is 0 Å². The molecular formula is C22H25ClN4O3. The van der Waals surface area contributed by atoms with Crippen LogP contribution in [0, 0.1) is 5.92 Å². The molecule has 3 aromatic rings. The highest BCUT2D eigenvalue weighted by atomic mass is 35.5. The minimum atomic E-state index is -0.259. The van der Waals surface area contributed by atoms with Gasteiger partial charge in [0.1, 0.15) is 12.1 Å². The lowest BCUT2D eigenvalue weighted by Crippen LogP contribution is -2.23. The summed E-state index contributed by atoms with van der Waals surface area (Å²) < 4.78 is 13.0. The summed E-state index contributed by atoms with van der Waals surface area (Å²) >= 11 is 6.37. The first kappa shape index (κ1) is 21.6. The molecule has 8 heteroatoms. The van der Waals surface area contributed by atoms with Gasteiger partial charge in [0.15, 0.2) is 11.5 Å². The Labute approximate surface area is 181 Å². The second kappa shape index (κ2) is 10.1. The predicted molar refractivity (Wildman–Crippen MR) is 115 cm³/mol. The van der Waals surface area contributed by atoms with E-state index < -0.39 is 0 Å². The Bertz CT molecular complexity index is 990. The number of nitrogens with zero attached hydrogens (tertiary/aromatic N) is 3. The molecule has 0 fully saturated rings. The number of hydrogen-bond donors (Lipinski definition) is 1. The van der Waals surface area contributed by atoms with Crippen LogP contribution in [-0.4, -0.2) is 34.2 Å². The van der Waals surface area contributed by atoms with Crippen LogP contribution in [0.5, 0.6) is 11.5 Å². The zero-order valence-corrected chi connectivity index (χ0v) is 18.0. The maximum atomic E-state index is 12.7. The average Bonchev–Trinajstić information content (AvgIpc) is 3.28. The number of carbonyl (C=O) groups excluding carboxylic acids is 1. The van der Waals surface area contributed by atoms with Gasteiger partial charge in [0.05, 0.1) is 18.7 Å². The lowest BCUT2D eigenvalue weighted by molar-refractivity contribution is 0.0950. The molecule has 2 aromatic heterocycles. The standard InChI is InChI=1S/C22H25ClN4O3/c1-15(2)5-9-30-21-18(23)11-17(12-19(21)29-3)22(28)26-13-16-4-6-25-20(10-16)27-8-7-24-14-27/h4,6-8,10-12,14-15H,5,9,13H2,1-3H3,(H,26,28). The molecule has 0 unspecified atom stereocenters. The van der Waals surface area contributed by atoms with E-state index >= 15 is 0 Å². The molecule has 0 bridgehead atoms. The molecule has 30 heavy (non-hydrogen) atoms. The number of methoxy groups -OCH3 is 1. The van der Waals surface area contributed by atoms with E-state index in [2.05, 4.69) is 29.1 Å². The molecular weight excluding hydrogens is 404 g/mol. The highest BCUT2D eigenvalue weighted by molar-refractivity contribution is 6.32. The van der Waals surface area contributed by atoms with Crippen LogP contribution in [0.4, 0.5) is 0 Å². The Kier molecular flexibility index (Phi) is 7.30. The number of nitrogens with one attached hydrogen (secondary N) is 1. The lowest BCUT2D eigenvalue weighted by atomic mass is 10.1. The largest absolute Gasteiger partial charge is 0.493 e. The second-order valence-corrected chi connectivity index (χ2v) is 7.60. The van der Waals surface area contributed by atoms with Crippen molar-refractivity contribution >= 4 is 17.5 Å². The molecule has 0 aliphatic rings. The van der Waals surface area contributed by atoms with Gasteiger partial charge < -0.3 is 14.8 Å². The van der Waals surface area contributed by atoms with Crippen LogP contribution >= 0.6 is 11.6 Å². The van der Waals surface area contributed by atoms with E-state index in [9.17, 15) is 4.79 Å². The molecule has 0 radical (unpaired) electrons. The van der Waals surface area contributed by atoms with Gasteiger partial charge in [0, 0.05) is 30.7 Å². The molecule has 1 aromatic carbocycles. The minimum Gasteiger partial charge on any atom is -0.493 e. The smallest absolute Gasteiger partial charge is 0.251 e. The summed E-state index contributed by atoms with van der Waals surface area (Å²) in [5.41, 5.74) is 1.31. The van der Waals surface area contributed by atoms with Crippen LogP contribution in [0.2, 0.25) is 5.02 Å². The number of pyridine rings is 1. The van der Waals surface area contributed by atoms with E-state index in [0.717, 1.165) is 17.8 Å². The van der Waals surface area contributed by atoms with Crippen molar-refractivity contribution in [3.05, 3.63) is 65.3 Å². The predicted octanol–water partition coefficient (Wildman–Crippen LogP) is 4.28. The molecule has 2 heterocycles. The molecule has 0 aliphatic carbocycles. The summed E-state index contributed by atoms with van der Waals surface area (Å²) in [6.07, 6.45) is 7.76. The molecule has 0 saturated heterocycles. The van der Waals surface area contributed by atoms with Gasteiger partial charge >= 0.3 is 0 Å². The molecule has 158 valence electrons. The molecule has 3 rings (SSSR count). The molecule has 0 spiro atoms. The number of ether oxygens (including phenoxy) is 2.